The summed E-state index contributed by atoms with van der Waals surface area (Å²) in [5, 5.41) is 8.41. The van der Waals surface area contributed by atoms with Crippen LogP contribution in [0.2, 0.25) is 0 Å². The number of rotatable bonds is 4. The largest absolute Gasteiger partial charge is 0.387 e. The second-order valence-corrected chi connectivity index (χ2v) is 2.50. The van der Waals surface area contributed by atoms with Crippen LogP contribution in [0.1, 0.15) is 5.56 Å². The van der Waals surface area contributed by atoms with Gasteiger partial charge in [0, 0.05) is 6.08 Å². The molecule has 0 amide bonds. The van der Waals surface area contributed by atoms with Crippen molar-refractivity contribution in [1.82, 2.24) is 0 Å². The lowest BCUT2D eigenvalue weighted by Crippen LogP contribution is -1.91. The minimum atomic E-state index is 0.0513. The van der Waals surface area contributed by atoms with Gasteiger partial charge in [0.1, 0.15) is 6.61 Å². The lowest BCUT2D eigenvalue weighted by molar-refractivity contribution is -0.454. The van der Waals surface area contributed by atoms with E-state index in [1.54, 1.807) is 6.29 Å². The summed E-state index contributed by atoms with van der Waals surface area (Å²) in [6.45, 7) is 0.398. The van der Waals surface area contributed by atoms with E-state index >= 15 is 0 Å². The Morgan fingerprint density at radius 2 is 2.00 bits per heavy atom. The third kappa shape index (κ3) is 4.23. The minimum Gasteiger partial charge on any atom is -0.387 e. The smallest absolute Gasteiger partial charge is 0.308 e. The summed E-state index contributed by atoms with van der Waals surface area (Å²) < 4.78 is 4.94. The fourth-order valence-corrected chi connectivity index (χ4v) is 0.891. The molecule has 1 N–H and O–H groups in total. The van der Waals surface area contributed by atoms with Gasteiger partial charge < -0.3 is 5.11 Å². The molecule has 1 aromatic rings. The molecule has 0 aliphatic carbocycles. The molecule has 1 aromatic carbocycles. The third-order valence-electron chi connectivity index (χ3n) is 1.47. The first kappa shape index (κ1) is 9.68. The van der Waals surface area contributed by atoms with Crippen molar-refractivity contribution in [3.63, 3.8) is 0 Å². The predicted molar refractivity (Wildman–Crippen MR) is 53.5 cm³/mol. The van der Waals surface area contributed by atoms with Crippen molar-refractivity contribution >= 4 is 12.4 Å². The zero-order valence-electron chi connectivity index (χ0n) is 7.39. The summed E-state index contributed by atoms with van der Waals surface area (Å²) in [6.07, 6.45) is 5.32. The maximum Gasteiger partial charge on any atom is 0.308 e. The monoisotopic (exact) mass is 177 g/mol. The van der Waals surface area contributed by atoms with E-state index in [0.29, 0.717) is 6.61 Å². The van der Waals surface area contributed by atoms with E-state index in [2.05, 4.69) is 0 Å². The number of carbonyl (C=O) groups excluding carboxylic acids is 1. The Hall–Kier alpha value is -1.41. The number of hydrogen-bond donors (Lipinski definition) is 1. The highest BCUT2D eigenvalue weighted by Crippen LogP contribution is 1.99. The van der Waals surface area contributed by atoms with Crippen LogP contribution in [0.25, 0.3) is 6.08 Å². The third-order valence-corrected chi connectivity index (χ3v) is 1.47. The number of aldehydes is 1. The number of hydrogen-bond acceptors (Lipinski definition) is 1. The maximum atomic E-state index is 8.41. The van der Waals surface area contributed by atoms with Crippen molar-refractivity contribution in [2.75, 3.05) is 13.2 Å². The van der Waals surface area contributed by atoms with Gasteiger partial charge in [0.05, 0.1) is 0 Å². The Morgan fingerprint density at radius 1 is 1.23 bits per heavy atom. The summed E-state index contributed by atoms with van der Waals surface area (Å²) in [5.74, 6) is 0. The van der Waals surface area contributed by atoms with Crippen molar-refractivity contribution in [2.45, 2.75) is 0 Å². The topological polar surface area (TPSA) is 31.5 Å². The number of aliphatic hydroxyl groups excluding tert-OH is 1. The lowest BCUT2D eigenvalue weighted by atomic mass is 10.2. The Bertz CT molecular complexity index is 275. The van der Waals surface area contributed by atoms with Crippen LogP contribution < -0.4 is 0 Å². The summed E-state index contributed by atoms with van der Waals surface area (Å²) in [7, 11) is 0. The first-order chi connectivity index (χ1) is 6.43. The SMILES string of the molecule is OCC[O+]=C/C=C/c1ccccc1. The molecule has 0 atom stereocenters. The summed E-state index contributed by atoms with van der Waals surface area (Å²) in [5.41, 5.74) is 1.13. The van der Waals surface area contributed by atoms with E-state index in [1.807, 2.05) is 42.5 Å². The Kier molecular flexibility index (Phi) is 4.57. The minimum absolute atomic E-state index is 0.0513. The van der Waals surface area contributed by atoms with Gasteiger partial charge in [0.2, 0.25) is 0 Å². The van der Waals surface area contributed by atoms with Gasteiger partial charge in [-0.05, 0) is 11.6 Å². The van der Waals surface area contributed by atoms with E-state index in [-0.39, 0.29) is 6.61 Å². The average Bonchev–Trinajstić information content (AvgIpc) is 2.19. The summed E-state index contributed by atoms with van der Waals surface area (Å²) >= 11 is 0. The van der Waals surface area contributed by atoms with E-state index in [0.717, 1.165) is 5.56 Å². The van der Waals surface area contributed by atoms with E-state index in [1.165, 1.54) is 0 Å². The molecule has 13 heavy (non-hydrogen) atoms. The van der Waals surface area contributed by atoms with Crippen LogP contribution in [0.4, 0.5) is 0 Å². The van der Waals surface area contributed by atoms with Crippen molar-refractivity contribution < 1.29 is 9.53 Å². The molecule has 0 saturated carbocycles. The molecule has 0 radical (unpaired) electrons. The molecular weight excluding hydrogens is 164 g/mol. The van der Waals surface area contributed by atoms with Gasteiger partial charge in [-0.15, -0.1) is 0 Å². The standard InChI is InChI=1S/C11H13O2/c12-8-10-13-9-4-7-11-5-2-1-3-6-11/h1-7,9,12H,8,10H2/q+1/b7-4+. The van der Waals surface area contributed by atoms with E-state index < -0.39 is 0 Å². The van der Waals surface area contributed by atoms with Gasteiger partial charge in [-0.25, -0.2) is 0 Å². The van der Waals surface area contributed by atoms with Crippen molar-refractivity contribution in [1.29, 1.82) is 0 Å². The second kappa shape index (κ2) is 6.14. The summed E-state index contributed by atoms with van der Waals surface area (Å²) in [6, 6.07) is 9.96. The molecule has 0 aromatic heterocycles. The molecule has 0 aliphatic heterocycles. The van der Waals surface area contributed by atoms with E-state index in [9.17, 15) is 0 Å². The lowest BCUT2D eigenvalue weighted by Gasteiger charge is -1.86. The quantitative estimate of drug-likeness (QED) is 0.421. The van der Waals surface area contributed by atoms with Gasteiger partial charge in [-0.3, -0.25) is 4.42 Å². The molecule has 0 bridgehead atoms. The fraction of sp³-hybridized carbons (Fsp3) is 0.182. The van der Waals surface area contributed by atoms with Crippen molar-refractivity contribution in [2.24, 2.45) is 0 Å². The van der Waals surface area contributed by atoms with Crippen LogP contribution in [0.15, 0.2) is 36.4 Å². The number of allylic oxidation sites excluding steroid dienone is 1. The first-order valence-corrected chi connectivity index (χ1v) is 4.21. The van der Waals surface area contributed by atoms with Gasteiger partial charge >= 0.3 is 6.29 Å². The molecule has 1 rings (SSSR count). The van der Waals surface area contributed by atoms with Crippen LogP contribution in [0.3, 0.4) is 0 Å². The predicted octanol–water partition coefficient (Wildman–Crippen LogP) is 1.43. The molecular formula is C11H13O2+. The van der Waals surface area contributed by atoms with Crippen LogP contribution >= 0.6 is 0 Å². The van der Waals surface area contributed by atoms with Gasteiger partial charge in [0.25, 0.3) is 6.61 Å². The average molecular weight is 177 g/mol. The molecule has 2 nitrogen and oxygen atoms in total. The highest BCUT2D eigenvalue weighted by atomic mass is 16.4. The normalized spacial score (nSPS) is 11.5. The Labute approximate surface area is 77.8 Å². The molecule has 68 valence electrons. The molecule has 0 heterocycles. The van der Waals surface area contributed by atoms with Gasteiger partial charge in [0.15, 0.2) is 0 Å². The van der Waals surface area contributed by atoms with Crippen LogP contribution in [0.5, 0.6) is 0 Å². The highest BCUT2D eigenvalue weighted by Gasteiger charge is 1.85. The van der Waals surface area contributed by atoms with Crippen molar-refractivity contribution in [3.05, 3.63) is 42.0 Å². The van der Waals surface area contributed by atoms with Crippen LogP contribution in [-0.4, -0.2) is 24.6 Å². The molecule has 0 spiro atoms. The second-order valence-electron chi connectivity index (χ2n) is 2.50. The van der Waals surface area contributed by atoms with Crippen LogP contribution in [0, 0.1) is 0 Å². The number of aliphatic hydroxyl groups is 1. The van der Waals surface area contributed by atoms with Gasteiger partial charge in [-0.2, -0.15) is 0 Å². The van der Waals surface area contributed by atoms with Crippen molar-refractivity contribution in [3.8, 4) is 0 Å². The van der Waals surface area contributed by atoms with Gasteiger partial charge in [-0.1, -0.05) is 30.3 Å². The molecule has 0 unspecified atom stereocenters. The first-order valence-electron chi connectivity index (χ1n) is 4.21. The van der Waals surface area contributed by atoms with E-state index in [4.69, 9.17) is 9.53 Å². The Morgan fingerprint density at radius 3 is 2.69 bits per heavy atom. The van der Waals surface area contributed by atoms with Crippen LogP contribution in [-0.2, 0) is 4.42 Å². The molecule has 0 saturated heterocycles. The Balaban J connectivity index is 2.41. The summed E-state index contributed by atoms with van der Waals surface area (Å²) in [4.78, 5) is 0. The highest BCUT2D eigenvalue weighted by molar-refractivity contribution is 5.73. The maximum absolute atomic E-state index is 8.41. The molecule has 2 heteroatoms. The fourth-order valence-electron chi connectivity index (χ4n) is 0.891. The molecule has 0 fully saturated rings. The zero-order chi connectivity index (χ0) is 9.36. The number of benzene rings is 1. The zero-order valence-corrected chi connectivity index (χ0v) is 7.39. The molecule has 0 aliphatic rings.